The zero-order valence-electron chi connectivity index (χ0n) is 12.1. The first-order valence-corrected chi connectivity index (χ1v) is 7.32. The number of nitrogens with two attached hydrogens (primary N) is 1. The number of hydrogen-bond acceptors (Lipinski definition) is 3. The van der Waals surface area contributed by atoms with Gasteiger partial charge in [-0.3, -0.25) is 4.90 Å². The van der Waals surface area contributed by atoms with Gasteiger partial charge in [0.2, 0.25) is 0 Å². The third-order valence-electron chi connectivity index (χ3n) is 3.86. The molecule has 2 rings (SSSR count). The predicted molar refractivity (Wildman–Crippen MR) is 78.9 cm³/mol. The molecule has 1 fully saturated rings. The van der Waals surface area contributed by atoms with E-state index in [1.54, 1.807) is 0 Å². The smallest absolute Gasteiger partial charge is 0.0707 e. The highest BCUT2D eigenvalue weighted by Gasteiger charge is 2.26. The van der Waals surface area contributed by atoms with Gasteiger partial charge in [-0.05, 0) is 32.3 Å². The molecule has 19 heavy (non-hydrogen) atoms. The van der Waals surface area contributed by atoms with Crippen molar-refractivity contribution in [1.29, 1.82) is 0 Å². The summed E-state index contributed by atoms with van der Waals surface area (Å²) in [4.78, 5) is 2.49. The highest BCUT2D eigenvalue weighted by Crippen LogP contribution is 2.21. The van der Waals surface area contributed by atoms with Gasteiger partial charge in [-0.1, -0.05) is 30.3 Å². The van der Waals surface area contributed by atoms with Crippen molar-refractivity contribution < 1.29 is 4.74 Å². The number of hydrogen-bond donors (Lipinski definition) is 1. The number of benzene rings is 1. The monoisotopic (exact) mass is 262 g/mol. The van der Waals surface area contributed by atoms with Crippen molar-refractivity contribution in [2.24, 2.45) is 5.73 Å². The second kappa shape index (κ2) is 7.04. The second-order valence-electron chi connectivity index (χ2n) is 5.70. The van der Waals surface area contributed by atoms with E-state index < -0.39 is 0 Å². The molecule has 0 radical (unpaired) electrons. The molecule has 3 heteroatoms. The molecule has 0 aliphatic carbocycles. The first-order chi connectivity index (χ1) is 9.19. The van der Waals surface area contributed by atoms with Crippen molar-refractivity contribution in [3.63, 3.8) is 0 Å². The van der Waals surface area contributed by atoms with Crippen LogP contribution >= 0.6 is 0 Å². The van der Waals surface area contributed by atoms with Crippen LogP contribution in [0.2, 0.25) is 0 Å². The zero-order chi connectivity index (χ0) is 13.7. The largest absolute Gasteiger partial charge is 0.372 e. The second-order valence-corrected chi connectivity index (χ2v) is 5.70. The number of ether oxygens (including phenoxy) is 1. The van der Waals surface area contributed by atoms with Crippen LogP contribution < -0.4 is 5.73 Å². The molecule has 1 aromatic carbocycles. The van der Waals surface area contributed by atoms with Gasteiger partial charge in [-0.2, -0.15) is 0 Å². The Morgan fingerprint density at radius 3 is 2.47 bits per heavy atom. The molecule has 2 N–H and O–H groups in total. The van der Waals surface area contributed by atoms with Crippen molar-refractivity contribution >= 4 is 0 Å². The van der Waals surface area contributed by atoms with Crippen LogP contribution in [0, 0.1) is 0 Å². The van der Waals surface area contributed by atoms with Gasteiger partial charge in [0.05, 0.1) is 12.2 Å². The van der Waals surface area contributed by atoms with Crippen LogP contribution in [0.1, 0.15) is 32.3 Å². The van der Waals surface area contributed by atoms with E-state index in [0.717, 1.165) is 25.9 Å². The molecule has 0 aromatic heterocycles. The fourth-order valence-corrected chi connectivity index (χ4v) is 2.63. The van der Waals surface area contributed by atoms with Crippen molar-refractivity contribution in [1.82, 2.24) is 4.90 Å². The Morgan fingerprint density at radius 2 is 1.89 bits per heavy atom. The van der Waals surface area contributed by atoms with Crippen LogP contribution in [0.4, 0.5) is 0 Å². The molecule has 1 aromatic rings. The summed E-state index contributed by atoms with van der Waals surface area (Å²) >= 11 is 0. The minimum Gasteiger partial charge on any atom is -0.372 e. The summed E-state index contributed by atoms with van der Waals surface area (Å²) in [6, 6.07) is 11.2. The summed E-state index contributed by atoms with van der Waals surface area (Å²) in [6.45, 7) is 7.14. The maximum absolute atomic E-state index is 5.96. The molecular formula is C16H26N2O. The van der Waals surface area contributed by atoms with Gasteiger partial charge in [-0.25, -0.2) is 0 Å². The van der Waals surface area contributed by atoms with Gasteiger partial charge >= 0.3 is 0 Å². The molecule has 1 saturated heterocycles. The molecule has 1 aliphatic heterocycles. The van der Waals surface area contributed by atoms with Gasteiger partial charge in [0.15, 0.2) is 0 Å². The van der Waals surface area contributed by atoms with E-state index in [1.807, 2.05) is 0 Å². The lowest BCUT2D eigenvalue weighted by atomic mass is 10.1. The zero-order valence-corrected chi connectivity index (χ0v) is 12.1. The molecule has 1 aliphatic rings. The van der Waals surface area contributed by atoms with E-state index in [2.05, 4.69) is 49.1 Å². The Balaban J connectivity index is 1.90. The van der Waals surface area contributed by atoms with Gasteiger partial charge in [-0.15, -0.1) is 0 Å². The fraction of sp³-hybridized carbons (Fsp3) is 0.625. The highest BCUT2D eigenvalue weighted by atomic mass is 16.5. The molecule has 3 nitrogen and oxygen atoms in total. The first-order valence-electron chi connectivity index (χ1n) is 7.32. The minimum atomic E-state index is 0.274. The van der Waals surface area contributed by atoms with Crippen LogP contribution in [0.3, 0.4) is 0 Å². The van der Waals surface area contributed by atoms with Crippen molar-refractivity contribution in [2.75, 3.05) is 13.1 Å². The molecule has 2 atom stereocenters. The van der Waals surface area contributed by atoms with Crippen LogP contribution in [-0.4, -0.2) is 36.2 Å². The highest BCUT2D eigenvalue weighted by molar-refractivity contribution is 5.14. The Bertz CT molecular complexity index is 366. The average molecular weight is 262 g/mol. The lowest BCUT2D eigenvalue weighted by Crippen LogP contribution is -2.37. The van der Waals surface area contributed by atoms with Gasteiger partial charge in [0.25, 0.3) is 0 Å². The van der Waals surface area contributed by atoms with Crippen molar-refractivity contribution in [2.45, 2.75) is 51.5 Å². The van der Waals surface area contributed by atoms with E-state index in [9.17, 15) is 0 Å². The van der Waals surface area contributed by atoms with E-state index in [4.69, 9.17) is 10.5 Å². The van der Waals surface area contributed by atoms with Crippen LogP contribution in [0.5, 0.6) is 0 Å². The topological polar surface area (TPSA) is 38.5 Å². The van der Waals surface area contributed by atoms with Crippen molar-refractivity contribution in [3.8, 4) is 0 Å². The van der Waals surface area contributed by atoms with E-state index in [0.29, 0.717) is 18.7 Å². The van der Waals surface area contributed by atoms with Crippen molar-refractivity contribution in [3.05, 3.63) is 35.9 Å². The molecule has 1 heterocycles. The van der Waals surface area contributed by atoms with Gasteiger partial charge in [0, 0.05) is 25.7 Å². The van der Waals surface area contributed by atoms with Gasteiger partial charge < -0.3 is 10.5 Å². The van der Waals surface area contributed by atoms with Gasteiger partial charge in [0.1, 0.15) is 0 Å². The molecular weight excluding hydrogens is 236 g/mol. The number of rotatable bonds is 6. The normalized spacial score (nSPS) is 23.4. The van der Waals surface area contributed by atoms with E-state index in [1.165, 1.54) is 5.56 Å². The SMILES string of the molecule is CC(C)N(Cc1ccccc1)CC1CCC(CN)O1. The molecule has 0 spiro atoms. The molecule has 0 saturated carbocycles. The van der Waals surface area contributed by atoms with Crippen LogP contribution in [0.25, 0.3) is 0 Å². The Kier molecular flexibility index (Phi) is 5.37. The third kappa shape index (κ3) is 4.30. The van der Waals surface area contributed by atoms with Crippen LogP contribution in [-0.2, 0) is 11.3 Å². The molecule has 2 unspecified atom stereocenters. The summed E-state index contributed by atoms with van der Waals surface area (Å²) in [6.07, 6.45) is 2.87. The van der Waals surface area contributed by atoms with Crippen LogP contribution in [0.15, 0.2) is 30.3 Å². The summed E-state index contributed by atoms with van der Waals surface area (Å²) in [5.41, 5.74) is 7.04. The number of nitrogens with zero attached hydrogens (tertiary/aromatic N) is 1. The Labute approximate surface area is 116 Å². The fourth-order valence-electron chi connectivity index (χ4n) is 2.63. The average Bonchev–Trinajstić information content (AvgIpc) is 2.87. The third-order valence-corrected chi connectivity index (χ3v) is 3.86. The minimum absolute atomic E-state index is 0.274. The summed E-state index contributed by atoms with van der Waals surface area (Å²) in [7, 11) is 0. The standard InChI is InChI=1S/C16H26N2O/c1-13(2)18(11-14-6-4-3-5-7-14)12-16-9-8-15(10-17)19-16/h3-7,13,15-16H,8-12,17H2,1-2H3. The Morgan fingerprint density at radius 1 is 1.21 bits per heavy atom. The maximum atomic E-state index is 5.96. The maximum Gasteiger partial charge on any atom is 0.0707 e. The van der Waals surface area contributed by atoms with E-state index in [-0.39, 0.29) is 6.10 Å². The first kappa shape index (κ1) is 14.5. The molecule has 106 valence electrons. The summed E-state index contributed by atoms with van der Waals surface area (Å²) in [5.74, 6) is 0. The summed E-state index contributed by atoms with van der Waals surface area (Å²) in [5, 5.41) is 0. The molecule has 0 amide bonds. The lowest BCUT2D eigenvalue weighted by Gasteiger charge is -2.29. The lowest BCUT2D eigenvalue weighted by molar-refractivity contribution is 0.0186. The van der Waals surface area contributed by atoms with E-state index >= 15 is 0 Å². The summed E-state index contributed by atoms with van der Waals surface area (Å²) < 4.78 is 5.96. The Hall–Kier alpha value is -0.900. The predicted octanol–water partition coefficient (Wildman–Crippen LogP) is 2.40. The quantitative estimate of drug-likeness (QED) is 0.855. The molecule has 0 bridgehead atoms.